The maximum absolute atomic E-state index is 13.5. The van der Waals surface area contributed by atoms with Gasteiger partial charge in [-0.3, -0.25) is 14.8 Å². The topological polar surface area (TPSA) is 85.3 Å². The molecule has 2 aromatic rings. The Labute approximate surface area is 114 Å². The van der Waals surface area contributed by atoms with Gasteiger partial charge >= 0.3 is 0 Å². The number of nitrogens with one attached hydrogen (secondary N) is 1. The zero-order valence-corrected chi connectivity index (χ0v) is 10.7. The Bertz CT molecular complexity index is 723. The van der Waals surface area contributed by atoms with Gasteiger partial charge in [0.15, 0.2) is 11.5 Å². The van der Waals surface area contributed by atoms with E-state index in [1.165, 1.54) is 24.4 Å². The zero-order chi connectivity index (χ0) is 14.3. The molecule has 1 aromatic heterocycles. The van der Waals surface area contributed by atoms with Crippen molar-refractivity contribution < 1.29 is 9.18 Å². The highest BCUT2D eigenvalue weighted by Gasteiger charge is 2.47. The van der Waals surface area contributed by atoms with Crippen LogP contribution in [0.1, 0.15) is 11.1 Å². The van der Waals surface area contributed by atoms with E-state index in [4.69, 9.17) is 5.73 Å². The maximum Gasteiger partial charge on any atom is 0.264 e. The van der Waals surface area contributed by atoms with Gasteiger partial charge in [-0.05, 0) is 17.7 Å². The fourth-order valence-corrected chi connectivity index (χ4v) is 2.35. The number of amides is 1. The van der Waals surface area contributed by atoms with Gasteiger partial charge in [-0.2, -0.15) is 5.10 Å². The second-order valence-electron chi connectivity index (χ2n) is 4.57. The number of benzene rings is 1. The van der Waals surface area contributed by atoms with Crippen molar-refractivity contribution in [1.82, 2.24) is 15.1 Å². The van der Waals surface area contributed by atoms with Gasteiger partial charge in [-0.15, -0.1) is 0 Å². The summed E-state index contributed by atoms with van der Waals surface area (Å²) in [6.45, 7) is 0. The van der Waals surface area contributed by atoms with Gasteiger partial charge in [0.05, 0.1) is 6.20 Å². The van der Waals surface area contributed by atoms with Crippen LogP contribution in [-0.4, -0.2) is 21.6 Å². The Morgan fingerprint density at radius 2 is 2.20 bits per heavy atom. The van der Waals surface area contributed by atoms with E-state index in [2.05, 4.69) is 15.4 Å². The van der Waals surface area contributed by atoms with Crippen LogP contribution in [0.25, 0.3) is 0 Å². The number of hydrogen-bond donors (Lipinski definition) is 2. The number of nitrogens with two attached hydrogens (primary N) is 1. The summed E-state index contributed by atoms with van der Waals surface area (Å²) < 4.78 is 15.1. The summed E-state index contributed by atoms with van der Waals surface area (Å²) >= 11 is 0. The number of hydrogen-bond acceptors (Lipinski definition) is 4. The second kappa shape index (κ2) is 4.16. The zero-order valence-electron chi connectivity index (χ0n) is 10.7. The number of aryl methyl sites for hydroxylation is 1. The quantitative estimate of drug-likeness (QED) is 0.822. The van der Waals surface area contributed by atoms with Gasteiger partial charge in [-0.25, -0.2) is 9.38 Å². The summed E-state index contributed by atoms with van der Waals surface area (Å²) in [5.74, 6) is -0.865. The molecule has 0 bridgehead atoms. The average Bonchev–Trinajstić information content (AvgIpc) is 2.94. The molecule has 1 aromatic carbocycles. The molecule has 0 fully saturated rings. The first-order chi connectivity index (χ1) is 9.52. The molecule has 1 aliphatic rings. The number of rotatable bonds is 2. The van der Waals surface area contributed by atoms with E-state index in [0.29, 0.717) is 11.1 Å². The molecule has 1 amide bonds. The Kier molecular flexibility index (Phi) is 2.56. The van der Waals surface area contributed by atoms with Gasteiger partial charge < -0.3 is 5.73 Å². The molecule has 0 spiro atoms. The van der Waals surface area contributed by atoms with E-state index < -0.39 is 17.3 Å². The minimum absolute atomic E-state index is 0.00288. The molecule has 1 aliphatic heterocycles. The molecule has 3 rings (SSSR count). The maximum atomic E-state index is 13.5. The van der Waals surface area contributed by atoms with Crippen molar-refractivity contribution in [2.75, 3.05) is 0 Å². The number of guanidine groups is 1. The fourth-order valence-electron chi connectivity index (χ4n) is 2.35. The van der Waals surface area contributed by atoms with E-state index in [9.17, 15) is 9.18 Å². The Balaban J connectivity index is 2.27. The lowest BCUT2D eigenvalue weighted by Crippen LogP contribution is -2.39. The van der Waals surface area contributed by atoms with E-state index in [1.807, 2.05) is 0 Å². The SMILES string of the molecule is Cn1cc(C2(c3cccc(F)c3)N=C(N)NC2=O)cn1. The van der Waals surface area contributed by atoms with Crippen LogP contribution in [-0.2, 0) is 17.4 Å². The Hall–Kier alpha value is -2.70. The van der Waals surface area contributed by atoms with Crippen molar-refractivity contribution in [3.63, 3.8) is 0 Å². The third-order valence-electron chi connectivity index (χ3n) is 3.22. The van der Waals surface area contributed by atoms with Crippen molar-refractivity contribution in [1.29, 1.82) is 0 Å². The number of aliphatic imine (C=N–C) groups is 1. The first-order valence-corrected chi connectivity index (χ1v) is 5.94. The molecule has 1 unspecified atom stereocenters. The first kappa shape index (κ1) is 12.3. The lowest BCUT2D eigenvalue weighted by molar-refractivity contribution is -0.122. The van der Waals surface area contributed by atoms with Crippen LogP contribution in [0.4, 0.5) is 4.39 Å². The van der Waals surface area contributed by atoms with Crippen molar-refractivity contribution in [3.8, 4) is 0 Å². The minimum atomic E-state index is -1.39. The van der Waals surface area contributed by atoms with E-state index >= 15 is 0 Å². The molecule has 0 radical (unpaired) electrons. The molecule has 1 atom stereocenters. The number of carbonyl (C=O) groups is 1. The smallest absolute Gasteiger partial charge is 0.264 e. The van der Waals surface area contributed by atoms with Gasteiger partial charge in [0.2, 0.25) is 0 Å². The van der Waals surface area contributed by atoms with Gasteiger partial charge in [0.1, 0.15) is 5.82 Å². The second-order valence-corrected chi connectivity index (χ2v) is 4.57. The third-order valence-corrected chi connectivity index (χ3v) is 3.22. The molecule has 20 heavy (non-hydrogen) atoms. The van der Waals surface area contributed by atoms with Crippen LogP contribution >= 0.6 is 0 Å². The Morgan fingerprint density at radius 1 is 1.40 bits per heavy atom. The van der Waals surface area contributed by atoms with Gasteiger partial charge in [0.25, 0.3) is 5.91 Å². The number of carbonyl (C=O) groups excluding carboxylic acids is 1. The molecule has 2 heterocycles. The number of nitrogens with zero attached hydrogens (tertiary/aromatic N) is 3. The van der Waals surface area contributed by atoms with Crippen LogP contribution in [0.3, 0.4) is 0 Å². The molecule has 102 valence electrons. The third kappa shape index (κ3) is 1.67. The highest BCUT2D eigenvalue weighted by Crippen LogP contribution is 2.36. The van der Waals surface area contributed by atoms with E-state index in [-0.39, 0.29) is 5.96 Å². The van der Waals surface area contributed by atoms with Gasteiger partial charge in [-0.1, -0.05) is 12.1 Å². The number of aromatic nitrogens is 2. The molecule has 6 nitrogen and oxygen atoms in total. The molecular weight excluding hydrogens is 261 g/mol. The summed E-state index contributed by atoms with van der Waals surface area (Å²) in [7, 11) is 1.72. The first-order valence-electron chi connectivity index (χ1n) is 5.94. The highest BCUT2D eigenvalue weighted by molar-refractivity contribution is 6.09. The predicted molar refractivity (Wildman–Crippen MR) is 70.2 cm³/mol. The Morgan fingerprint density at radius 3 is 2.75 bits per heavy atom. The summed E-state index contributed by atoms with van der Waals surface area (Å²) in [5.41, 5.74) is 5.17. The lowest BCUT2D eigenvalue weighted by atomic mass is 9.85. The van der Waals surface area contributed by atoms with E-state index in [0.717, 1.165) is 0 Å². The van der Waals surface area contributed by atoms with Crippen molar-refractivity contribution in [3.05, 3.63) is 53.6 Å². The van der Waals surface area contributed by atoms with Crippen molar-refractivity contribution >= 4 is 11.9 Å². The van der Waals surface area contributed by atoms with Crippen LogP contribution in [0.2, 0.25) is 0 Å². The molecule has 3 N–H and O–H groups in total. The molecule has 0 aliphatic carbocycles. The van der Waals surface area contributed by atoms with Crippen LogP contribution in [0.5, 0.6) is 0 Å². The molecular formula is C13H12FN5O. The van der Waals surface area contributed by atoms with Crippen molar-refractivity contribution in [2.24, 2.45) is 17.8 Å². The highest BCUT2D eigenvalue weighted by atomic mass is 19.1. The molecule has 0 saturated carbocycles. The summed E-state index contributed by atoms with van der Waals surface area (Å²) in [6.07, 6.45) is 3.18. The predicted octanol–water partition coefficient (Wildman–Crippen LogP) is 0.247. The van der Waals surface area contributed by atoms with Crippen LogP contribution < -0.4 is 11.1 Å². The minimum Gasteiger partial charge on any atom is -0.370 e. The van der Waals surface area contributed by atoms with Gasteiger partial charge in [0, 0.05) is 18.8 Å². The average molecular weight is 273 g/mol. The fraction of sp³-hybridized carbons (Fsp3) is 0.154. The lowest BCUT2D eigenvalue weighted by Gasteiger charge is -2.22. The largest absolute Gasteiger partial charge is 0.370 e. The van der Waals surface area contributed by atoms with E-state index in [1.54, 1.807) is 24.0 Å². The van der Waals surface area contributed by atoms with Crippen LogP contribution in [0.15, 0.2) is 41.7 Å². The number of halogens is 1. The van der Waals surface area contributed by atoms with Crippen LogP contribution in [0, 0.1) is 5.82 Å². The van der Waals surface area contributed by atoms with Crippen molar-refractivity contribution in [2.45, 2.75) is 5.54 Å². The molecule has 7 heteroatoms. The summed E-state index contributed by atoms with van der Waals surface area (Å²) in [4.78, 5) is 16.6. The summed E-state index contributed by atoms with van der Waals surface area (Å²) in [6, 6.07) is 5.74. The standard InChI is InChI=1S/C13H12FN5O/c1-19-7-9(6-16-19)13(11(20)17-12(15)18-13)8-3-2-4-10(14)5-8/h2-7H,1H3,(H3,15,17,18,20). The normalized spacial score (nSPS) is 21.7. The molecule has 0 saturated heterocycles. The summed E-state index contributed by atoms with van der Waals surface area (Å²) in [5, 5.41) is 6.51. The monoisotopic (exact) mass is 273 g/mol.